The van der Waals surface area contributed by atoms with Crippen molar-refractivity contribution in [1.82, 2.24) is 5.32 Å². The van der Waals surface area contributed by atoms with E-state index in [1.54, 1.807) is 13.8 Å². The van der Waals surface area contributed by atoms with Crippen LogP contribution in [0.4, 0.5) is 0 Å². The Hall–Kier alpha value is -1.67. The molecule has 0 saturated heterocycles. The van der Waals surface area contributed by atoms with Crippen LogP contribution in [-0.2, 0) is 23.9 Å². The van der Waals surface area contributed by atoms with E-state index in [0.717, 1.165) is 0 Å². The van der Waals surface area contributed by atoms with Crippen LogP contribution in [-0.4, -0.2) is 53.9 Å². The lowest BCUT2D eigenvalue weighted by atomic mass is 9.89. The first-order valence-corrected chi connectivity index (χ1v) is 7.89. The molecule has 6 atom stereocenters. The molecule has 0 aromatic rings. The van der Waals surface area contributed by atoms with E-state index >= 15 is 0 Å². The van der Waals surface area contributed by atoms with Crippen molar-refractivity contribution in [2.24, 2.45) is 23.5 Å². The van der Waals surface area contributed by atoms with Gasteiger partial charge in [0.05, 0.1) is 31.3 Å². The Morgan fingerprint density at radius 2 is 1.91 bits per heavy atom. The molecule has 0 heterocycles. The highest BCUT2D eigenvalue weighted by molar-refractivity contribution is 5.93. The van der Waals surface area contributed by atoms with Crippen LogP contribution in [0.5, 0.6) is 0 Å². The van der Waals surface area contributed by atoms with E-state index in [0.29, 0.717) is 0 Å². The first-order chi connectivity index (χ1) is 10.8. The lowest BCUT2D eigenvalue weighted by Gasteiger charge is -2.32. The SMILES string of the molecule is CCOC(=O)C1C2C(O)CC(NC(=O)C(C)N)(C(=O)OCC)C12. The number of nitrogens with two attached hydrogens (primary N) is 1. The molecule has 2 aliphatic rings. The summed E-state index contributed by atoms with van der Waals surface area (Å²) < 4.78 is 10.1. The third-order valence-corrected chi connectivity index (χ3v) is 4.58. The minimum absolute atomic E-state index is 0.00946. The third kappa shape index (κ3) is 2.92. The zero-order valence-corrected chi connectivity index (χ0v) is 13.6. The molecule has 8 heteroatoms. The third-order valence-electron chi connectivity index (χ3n) is 4.58. The molecule has 0 radical (unpaired) electrons. The largest absolute Gasteiger partial charge is 0.466 e. The van der Waals surface area contributed by atoms with Crippen molar-refractivity contribution in [1.29, 1.82) is 0 Å². The zero-order chi connectivity index (χ0) is 17.4. The van der Waals surface area contributed by atoms with Gasteiger partial charge in [-0.1, -0.05) is 0 Å². The summed E-state index contributed by atoms with van der Waals surface area (Å²) in [5.41, 5.74) is 4.14. The fraction of sp³-hybridized carbons (Fsp3) is 0.800. The number of carbonyl (C=O) groups is 3. The van der Waals surface area contributed by atoms with E-state index in [1.165, 1.54) is 6.92 Å². The number of amides is 1. The van der Waals surface area contributed by atoms with E-state index in [4.69, 9.17) is 15.2 Å². The van der Waals surface area contributed by atoms with Crippen molar-refractivity contribution in [3.8, 4) is 0 Å². The lowest BCUT2D eigenvalue weighted by Crippen LogP contribution is -2.60. The molecule has 23 heavy (non-hydrogen) atoms. The van der Waals surface area contributed by atoms with E-state index < -0.39 is 53.3 Å². The molecule has 8 nitrogen and oxygen atoms in total. The molecule has 6 unspecified atom stereocenters. The normalized spacial score (nSPS) is 35.9. The first-order valence-electron chi connectivity index (χ1n) is 7.89. The standard InChI is InChI=1S/C15H24N2O6/c1-4-22-13(20)10-9-8(18)6-15(11(9)10,14(21)23-5-2)17-12(19)7(3)16/h7-11,18H,4-6,16H2,1-3H3,(H,17,19). The molecule has 2 aliphatic carbocycles. The molecule has 130 valence electrons. The van der Waals surface area contributed by atoms with Crippen molar-refractivity contribution >= 4 is 17.8 Å². The summed E-state index contributed by atoms with van der Waals surface area (Å²) in [5.74, 6) is -3.20. The summed E-state index contributed by atoms with van der Waals surface area (Å²) in [6.07, 6.45) is -0.873. The smallest absolute Gasteiger partial charge is 0.332 e. The van der Waals surface area contributed by atoms with Crippen LogP contribution in [0.2, 0.25) is 0 Å². The Kier molecular flexibility index (Phi) is 4.95. The summed E-state index contributed by atoms with van der Waals surface area (Å²) >= 11 is 0. The van der Waals surface area contributed by atoms with Crippen LogP contribution in [0, 0.1) is 17.8 Å². The average Bonchev–Trinajstić information content (AvgIpc) is 3.16. The Bertz CT molecular complexity index is 508. The molecular weight excluding hydrogens is 304 g/mol. The van der Waals surface area contributed by atoms with Crippen LogP contribution >= 0.6 is 0 Å². The fourth-order valence-corrected chi connectivity index (χ4v) is 3.59. The van der Waals surface area contributed by atoms with Gasteiger partial charge in [0.15, 0.2) is 0 Å². The van der Waals surface area contributed by atoms with Gasteiger partial charge in [-0.25, -0.2) is 4.79 Å². The number of rotatable bonds is 6. The Balaban J connectivity index is 2.29. The highest BCUT2D eigenvalue weighted by Crippen LogP contribution is 2.63. The number of ether oxygens (including phenoxy) is 2. The second-order valence-electron chi connectivity index (χ2n) is 6.12. The fourth-order valence-electron chi connectivity index (χ4n) is 3.59. The van der Waals surface area contributed by atoms with Crippen LogP contribution < -0.4 is 11.1 Å². The summed E-state index contributed by atoms with van der Waals surface area (Å²) in [5, 5.41) is 12.9. The van der Waals surface area contributed by atoms with Crippen LogP contribution in [0.3, 0.4) is 0 Å². The quantitative estimate of drug-likeness (QED) is 0.530. The van der Waals surface area contributed by atoms with Crippen molar-refractivity contribution in [3.05, 3.63) is 0 Å². The van der Waals surface area contributed by atoms with Crippen molar-refractivity contribution in [2.45, 2.75) is 44.9 Å². The molecule has 1 amide bonds. The van der Waals surface area contributed by atoms with Crippen molar-refractivity contribution < 1.29 is 29.0 Å². The molecule has 2 fully saturated rings. The number of nitrogens with one attached hydrogen (secondary N) is 1. The minimum Gasteiger partial charge on any atom is -0.466 e. The molecule has 0 spiro atoms. The van der Waals surface area contributed by atoms with Gasteiger partial charge in [0, 0.05) is 18.3 Å². The molecule has 0 aromatic heterocycles. The highest BCUT2D eigenvalue weighted by Gasteiger charge is 2.76. The first kappa shape index (κ1) is 17.7. The van der Waals surface area contributed by atoms with Gasteiger partial charge < -0.3 is 25.6 Å². The van der Waals surface area contributed by atoms with Gasteiger partial charge in [0.1, 0.15) is 5.54 Å². The maximum Gasteiger partial charge on any atom is 0.332 e. The second kappa shape index (κ2) is 6.45. The van der Waals surface area contributed by atoms with E-state index in [-0.39, 0.29) is 19.6 Å². The maximum absolute atomic E-state index is 12.5. The van der Waals surface area contributed by atoms with Gasteiger partial charge >= 0.3 is 11.9 Å². The highest BCUT2D eigenvalue weighted by atomic mass is 16.5. The van der Waals surface area contributed by atoms with Gasteiger partial charge in [-0.2, -0.15) is 0 Å². The summed E-state index contributed by atoms with van der Waals surface area (Å²) in [6.45, 7) is 5.17. The molecular formula is C15H24N2O6. The Labute approximate surface area is 134 Å². The van der Waals surface area contributed by atoms with Gasteiger partial charge in [0.25, 0.3) is 0 Å². The topological polar surface area (TPSA) is 128 Å². The number of hydrogen-bond acceptors (Lipinski definition) is 7. The van der Waals surface area contributed by atoms with Crippen LogP contribution in [0.1, 0.15) is 27.2 Å². The average molecular weight is 328 g/mol. The van der Waals surface area contributed by atoms with E-state index in [9.17, 15) is 19.5 Å². The number of hydrogen-bond donors (Lipinski definition) is 3. The number of aliphatic hydroxyl groups is 1. The predicted molar refractivity (Wildman–Crippen MR) is 78.9 cm³/mol. The molecule has 0 aromatic carbocycles. The van der Waals surface area contributed by atoms with Gasteiger partial charge in [-0.3, -0.25) is 9.59 Å². The van der Waals surface area contributed by atoms with Gasteiger partial charge in [-0.05, 0) is 20.8 Å². The molecule has 0 aliphatic heterocycles. The lowest BCUT2D eigenvalue weighted by molar-refractivity contribution is -0.156. The molecule has 4 N–H and O–H groups in total. The minimum atomic E-state index is -1.43. The number of carbonyl (C=O) groups excluding carboxylic acids is 3. The number of esters is 2. The van der Waals surface area contributed by atoms with Crippen molar-refractivity contribution in [2.75, 3.05) is 13.2 Å². The predicted octanol–water partition coefficient (Wildman–Crippen LogP) is -1.06. The van der Waals surface area contributed by atoms with Crippen molar-refractivity contribution in [3.63, 3.8) is 0 Å². The maximum atomic E-state index is 12.5. The Morgan fingerprint density at radius 1 is 1.30 bits per heavy atom. The van der Waals surface area contributed by atoms with E-state index in [2.05, 4.69) is 5.32 Å². The molecule has 2 rings (SSSR count). The summed E-state index contributed by atoms with van der Waals surface area (Å²) in [4.78, 5) is 36.6. The van der Waals surface area contributed by atoms with Gasteiger partial charge in [-0.15, -0.1) is 0 Å². The Morgan fingerprint density at radius 3 is 2.43 bits per heavy atom. The number of aliphatic hydroxyl groups excluding tert-OH is 1. The zero-order valence-electron chi connectivity index (χ0n) is 13.6. The number of fused-ring (bicyclic) bond motifs is 1. The van der Waals surface area contributed by atoms with Crippen LogP contribution in [0.15, 0.2) is 0 Å². The van der Waals surface area contributed by atoms with E-state index in [1.807, 2.05) is 0 Å². The van der Waals surface area contributed by atoms with Crippen LogP contribution in [0.25, 0.3) is 0 Å². The second-order valence-corrected chi connectivity index (χ2v) is 6.12. The molecule has 0 bridgehead atoms. The summed E-state index contributed by atoms with van der Waals surface area (Å²) in [6, 6.07) is -0.822. The van der Waals surface area contributed by atoms with Gasteiger partial charge in [0.2, 0.25) is 5.91 Å². The monoisotopic (exact) mass is 328 g/mol. The molecule has 2 saturated carbocycles. The summed E-state index contributed by atoms with van der Waals surface area (Å²) in [7, 11) is 0.